The number of fused-ring (bicyclic) bond motifs is 8. The molecule has 0 radical (unpaired) electrons. The monoisotopic (exact) mass is 472 g/mol. The number of rotatable bonds is 0. The zero-order valence-corrected chi connectivity index (χ0v) is 19.7. The smallest absolute Gasteiger partial charge is 0.192 e. The summed E-state index contributed by atoms with van der Waals surface area (Å²) in [7, 11) is 0. The second-order valence-corrected chi connectivity index (χ2v) is 9.91. The lowest BCUT2D eigenvalue weighted by atomic mass is 9.82. The Bertz CT molecular complexity index is 1940. The van der Waals surface area contributed by atoms with Crippen molar-refractivity contribution in [2.24, 2.45) is 5.92 Å². The fourth-order valence-corrected chi connectivity index (χ4v) is 6.16. The molecule has 1 heterocycles. The van der Waals surface area contributed by atoms with E-state index in [0.29, 0.717) is 43.8 Å². The Morgan fingerprint density at radius 2 is 1.81 bits per heavy atom. The van der Waals surface area contributed by atoms with E-state index in [9.17, 15) is 14.7 Å². The number of carbonyl (C=O) groups excluding carboxylic acids is 1. The number of hydrogen-bond donors (Lipinski definition) is 2. The summed E-state index contributed by atoms with van der Waals surface area (Å²) in [5.74, 6) is -0.546. The molecule has 0 bridgehead atoms. The molecular formula is C31H24N2O3. The maximum Gasteiger partial charge on any atom is 0.192 e. The van der Waals surface area contributed by atoms with Gasteiger partial charge in [-0.1, -0.05) is 49.4 Å². The minimum absolute atomic E-state index is 0.0473. The van der Waals surface area contributed by atoms with Gasteiger partial charge in [-0.15, -0.1) is 0 Å². The number of aromatic amines is 1. The molecule has 0 fully saturated rings. The maximum absolute atomic E-state index is 13.8. The lowest BCUT2D eigenvalue weighted by molar-refractivity contribution is 0.0958. The number of ketones is 1. The van der Waals surface area contributed by atoms with Gasteiger partial charge in [0.05, 0.1) is 38.9 Å². The van der Waals surface area contributed by atoms with Crippen LogP contribution in [0.25, 0.3) is 45.2 Å². The molecule has 0 amide bonds. The average molecular weight is 473 g/mol. The van der Waals surface area contributed by atoms with Crippen LogP contribution in [-0.4, -0.2) is 20.9 Å². The van der Waals surface area contributed by atoms with E-state index in [4.69, 9.17) is 4.98 Å². The van der Waals surface area contributed by atoms with Crippen molar-refractivity contribution in [1.82, 2.24) is 9.97 Å². The molecule has 4 aromatic rings. The lowest BCUT2D eigenvalue weighted by Crippen LogP contribution is -2.31. The number of allylic oxidation sites excluding steroid dienone is 5. The SMILES string of the molecule is C=c1c2c(c(=O)c3c1ccc1[nH]c4c5c(ccc4nc13)=C(O)C1=CC=CC=CC1C5=O)CCCCC2. The highest BCUT2D eigenvalue weighted by Crippen LogP contribution is 2.32. The minimum atomic E-state index is -0.559. The molecule has 0 saturated heterocycles. The molecule has 5 heteroatoms. The Hall–Kier alpha value is -4.25. The van der Waals surface area contributed by atoms with Crippen LogP contribution in [0, 0.1) is 5.92 Å². The van der Waals surface area contributed by atoms with Gasteiger partial charge in [0.2, 0.25) is 0 Å². The number of H-pyrrole nitrogens is 1. The standard InChI is InChI=1S/C31H24N2O3/c1-16-17-8-4-2-5-9-19(17)30(35)25-18(16)12-14-23-27(25)32-24-15-13-22-26(28(24)33-23)31(36)21-11-7-3-6-10-20(21)29(22)34/h3,6-7,10-15,21,33-34H,1-2,4-5,8-9H2. The first-order chi connectivity index (χ1) is 17.5. The Morgan fingerprint density at radius 1 is 0.972 bits per heavy atom. The first kappa shape index (κ1) is 21.1. The van der Waals surface area contributed by atoms with Crippen molar-refractivity contribution in [3.05, 3.63) is 97.6 Å². The zero-order chi connectivity index (χ0) is 24.6. The third-order valence-corrected chi connectivity index (χ3v) is 7.96. The molecule has 2 N–H and O–H groups in total. The van der Waals surface area contributed by atoms with Gasteiger partial charge >= 0.3 is 0 Å². The van der Waals surface area contributed by atoms with Crippen LogP contribution in [-0.2, 0) is 12.8 Å². The number of carbonyl (C=O) groups is 1. The number of aromatic nitrogens is 2. The van der Waals surface area contributed by atoms with Crippen molar-refractivity contribution in [1.29, 1.82) is 0 Å². The highest BCUT2D eigenvalue weighted by Gasteiger charge is 2.32. The molecule has 3 aliphatic carbocycles. The number of Topliss-reactive ketones (excluding diaryl/α,β-unsaturated/α-hetero) is 1. The molecule has 0 spiro atoms. The summed E-state index contributed by atoms with van der Waals surface area (Å²) < 4.78 is 0. The topological polar surface area (TPSA) is 83.1 Å². The van der Waals surface area contributed by atoms with E-state index in [0.717, 1.165) is 53.8 Å². The largest absolute Gasteiger partial charge is 0.507 e. The molecule has 3 aromatic carbocycles. The van der Waals surface area contributed by atoms with Gasteiger partial charge in [-0.25, -0.2) is 4.98 Å². The van der Waals surface area contributed by atoms with E-state index >= 15 is 0 Å². The molecule has 36 heavy (non-hydrogen) atoms. The van der Waals surface area contributed by atoms with Crippen LogP contribution in [0.5, 0.6) is 0 Å². The van der Waals surface area contributed by atoms with Crippen molar-refractivity contribution >= 4 is 51.0 Å². The van der Waals surface area contributed by atoms with E-state index in [1.165, 1.54) is 0 Å². The van der Waals surface area contributed by atoms with Crippen molar-refractivity contribution in [3.8, 4) is 0 Å². The third kappa shape index (κ3) is 2.80. The number of aliphatic hydroxyl groups excluding tert-OH is 1. The minimum Gasteiger partial charge on any atom is -0.507 e. The summed E-state index contributed by atoms with van der Waals surface area (Å²) in [5.41, 5.74) is 5.48. The average Bonchev–Trinajstić information content (AvgIpc) is 3.30. The number of aliphatic hydroxyl groups is 1. The molecular weight excluding hydrogens is 448 g/mol. The molecule has 5 nitrogen and oxygen atoms in total. The number of benzene rings is 3. The molecule has 176 valence electrons. The van der Waals surface area contributed by atoms with Crippen molar-refractivity contribution in [2.45, 2.75) is 32.1 Å². The second kappa shape index (κ2) is 7.62. The second-order valence-electron chi connectivity index (χ2n) is 9.91. The molecule has 0 saturated carbocycles. The summed E-state index contributed by atoms with van der Waals surface area (Å²) in [4.78, 5) is 35.7. The fraction of sp³-hybridized carbons (Fsp3) is 0.194. The number of hydrogen-bond acceptors (Lipinski definition) is 4. The van der Waals surface area contributed by atoms with E-state index in [2.05, 4.69) is 11.6 Å². The highest BCUT2D eigenvalue weighted by atomic mass is 16.3. The quantitative estimate of drug-likeness (QED) is 0.225. The van der Waals surface area contributed by atoms with E-state index in [1.54, 1.807) is 18.2 Å². The Labute approximate surface area is 206 Å². The predicted molar refractivity (Wildman–Crippen MR) is 144 cm³/mol. The summed E-state index contributed by atoms with van der Waals surface area (Å²) in [6.45, 7) is 4.37. The maximum atomic E-state index is 13.8. The highest BCUT2D eigenvalue weighted by molar-refractivity contribution is 6.14. The van der Waals surface area contributed by atoms with Crippen LogP contribution in [0.1, 0.15) is 40.7 Å². The van der Waals surface area contributed by atoms with Crippen LogP contribution in [0.2, 0.25) is 0 Å². The van der Waals surface area contributed by atoms with Gasteiger partial charge < -0.3 is 10.1 Å². The zero-order valence-electron chi connectivity index (χ0n) is 19.7. The van der Waals surface area contributed by atoms with E-state index < -0.39 is 5.92 Å². The normalized spacial score (nSPS) is 19.1. The van der Waals surface area contributed by atoms with Crippen molar-refractivity contribution in [2.75, 3.05) is 0 Å². The molecule has 7 rings (SSSR count). The van der Waals surface area contributed by atoms with Gasteiger partial charge in [0, 0.05) is 16.4 Å². The summed E-state index contributed by atoms with van der Waals surface area (Å²) >= 11 is 0. The van der Waals surface area contributed by atoms with Crippen molar-refractivity contribution in [3.63, 3.8) is 0 Å². The molecule has 1 aromatic heterocycles. The molecule has 1 unspecified atom stereocenters. The van der Waals surface area contributed by atoms with Crippen molar-refractivity contribution < 1.29 is 9.90 Å². The van der Waals surface area contributed by atoms with Gasteiger partial charge in [-0.2, -0.15) is 0 Å². The van der Waals surface area contributed by atoms with E-state index in [-0.39, 0.29) is 17.0 Å². The first-order valence-electron chi connectivity index (χ1n) is 12.5. The summed E-state index contributed by atoms with van der Waals surface area (Å²) in [5, 5.41) is 13.9. The Balaban J connectivity index is 1.58. The summed E-state index contributed by atoms with van der Waals surface area (Å²) in [6, 6.07) is 7.40. The van der Waals surface area contributed by atoms with Gasteiger partial charge in [-0.05, 0) is 60.1 Å². The van der Waals surface area contributed by atoms with Gasteiger partial charge in [-0.3, -0.25) is 9.59 Å². The van der Waals surface area contributed by atoms with Gasteiger partial charge in [0.15, 0.2) is 11.2 Å². The van der Waals surface area contributed by atoms with Crippen LogP contribution in [0.15, 0.2) is 65.0 Å². The van der Waals surface area contributed by atoms with Gasteiger partial charge in [0.25, 0.3) is 0 Å². The first-order valence-corrected chi connectivity index (χ1v) is 12.5. The summed E-state index contributed by atoms with van der Waals surface area (Å²) in [6.07, 6.45) is 14.0. The van der Waals surface area contributed by atoms with Gasteiger partial charge in [0.1, 0.15) is 5.76 Å². The van der Waals surface area contributed by atoms with E-state index in [1.807, 2.05) is 36.4 Å². The Kier molecular flexibility index (Phi) is 4.46. The van der Waals surface area contributed by atoms with Crippen LogP contribution in [0.4, 0.5) is 0 Å². The Morgan fingerprint density at radius 3 is 2.67 bits per heavy atom. The lowest BCUT2D eigenvalue weighted by Gasteiger charge is -2.22. The number of nitrogens with one attached hydrogen (secondary N) is 1. The number of nitrogens with zero attached hydrogens (tertiary/aromatic N) is 1. The van der Waals surface area contributed by atoms with Crippen LogP contribution >= 0.6 is 0 Å². The molecule has 3 aliphatic rings. The molecule has 1 atom stereocenters. The fourth-order valence-electron chi connectivity index (χ4n) is 6.16. The molecule has 0 aliphatic heterocycles. The third-order valence-electron chi connectivity index (χ3n) is 7.96. The van der Waals surface area contributed by atoms with Crippen LogP contribution in [0.3, 0.4) is 0 Å². The predicted octanol–water partition coefficient (Wildman–Crippen LogP) is 4.44. The van der Waals surface area contributed by atoms with Crippen LogP contribution < -0.4 is 15.9 Å².